The van der Waals surface area contributed by atoms with E-state index in [4.69, 9.17) is 5.73 Å². The first-order valence-electron chi connectivity index (χ1n) is 6.10. The molecule has 1 fully saturated rings. The van der Waals surface area contributed by atoms with Crippen LogP contribution in [0.15, 0.2) is 23.2 Å². The van der Waals surface area contributed by atoms with Crippen LogP contribution in [-0.4, -0.2) is 56.0 Å². The number of nitrogens with zero attached hydrogens (tertiary/aromatic N) is 2. The van der Waals surface area contributed by atoms with E-state index in [1.54, 1.807) is 6.07 Å². The minimum Gasteiger partial charge on any atom is -0.383 e. The Bertz CT molecular complexity index is 515. The topological polar surface area (TPSA) is 88.3 Å². The van der Waals surface area contributed by atoms with Crippen molar-refractivity contribution in [2.45, 2.75) is 4.90 Å². The van der Waals surface area contributed by atoms with Crippen molar-refractivity contribution in [1.29, 1.82) is 0 Å². The van der Waals surface area contributed by atoms with E-state index in [1.807, 2.05) is 11.8 Å². The molecule has 0 bridgehead atoms. The highest BCUT2D eigenvalue weighted by atomic mass is 32.2. The van der Waals surface area contributed by atoms with Gasteiger partial charge in [-0.2, -0.15) is 11.8 Å². The van der Waals surface area contributed by atoms with Crippen molar-refractivity contribution in [3.05, 3.63) is 18.3 Å². The summed E-state index contributed by atoms with van der Waals surface area (Å²) in [7, 11) is -3.56. The first-order chi connectivity index (χ1) is 9.09. The standard InChI is InChI=1S/C11H18N4O2S2/c12-11-10(2-1-3-13-11)19(16,17)14-4-5-15-6-8-18-9-7-15/h1-3,14H,4-9H2,(H2,12,13). The minimum atomic E-state index is -3.56. The molecule has 0 atom stereocenters. The van der Waals surface area contributed by atoms with Crippen molar-refractivity contribution in [1.82, 2.24) is 14.6 Å². The maximum absolute atomic E-state index is 12.0. The van der Waals surface area contributed by atoms with Crippen molar-refractivity contribution < 1.29 is 8.42 Å². The number of nitrogen functional groups attached to an aromatic ring is 1. The molecule has 6 nitrogen and oxygen atoms in total. The molecule has 2 heterocycles. The summed E-state index contributed by atoms with van der Waals surface area (Å²) in [5.74, 6) is 2.26. The second-order valence-electron chi connectivity index (χ2n) is 4.24. The van der Waals surface area contributed by atoms with Crippen LogP contribution in [0.1, 0.15) is 0 Å². The Morgan fingerprint density at radius 3 is 2.84 bits per heavy atom. The molecule has 0 spiro atoms. The highest BCUT2D eigenvalue weighted by Gasteiger charge is 2.18. The third kappa shape index (κ3) is 4.07. The number of pyridine rings is 1. The molecule has 1 aromatic rings. The number of nitrogens with two attached hydrogens (primary N) is 1. The average molecular weight is 302 g/mol. The van der Waals surface area contributed by atoms with Crippen molar-refractivity contribution in [2.75, 3.05) is 43.4 Å². The maximum Gasteiger partial charge on any atom is 0.244 e. The van der Waals surface area contributed by atoms with E-state index in [9.17, 15) is 8.42 Å². The van der Waals surface area contributed by atoms with Crippen molar-refractivity contribution in [3.63, 3.8) is 0 Å². The molecule has 0 amide bonds. The van der Waals surface area contributed by atoms with Crippen LogP contribution < -0.4 is 10.5 Å². The van der Waals surface area contributed by atoms with E-state index in [2.05, 4.69) is 14.6 Å². The zero-order chi connectivity index (χ0) is 13.7. The summed E-state index contributed by atoms with van der Waals surface area (Å²) in [5, 5.41) is 0. The maximum atomic E-state index is 12.0. The number of hydrogen-bond donors (Lipinski definition) is 2. The first kappa shape index (κ1) is 14.6. The van der Waals surface area contributed by atoms with Gasteiger partial charge < -0.3 is 10.6 Å². The molecular weight excluding hydrogens is 284 g/mol. The number of rotatable bonds is 5. The predicted octanol–water partition coefficient (Wildman–Crippen LogP) is -0.00910. The molecule has 1 aliphatic heterocycles. The molecule has 2 rings (SSSR count). The van der Waals surface area contributed by atoms with E-state index < -0.39 is 10.0 Å². The summed E-state index contributed by atoms with van der Waals surface area (Å²) in [5.41, 5.74) is 5.58. The van der Waals surface area contributed by atoms with Crippen LogP contribution in [0.3, 0.4) is 0 Å². The summed E-state index contributed by atoms with van der Waals surface area (Å²) in [6, 6.07) is 3.02. The van der Waals surface area contributed by atoms with Crippen LogP contribution in [0.4, 0.5) is 5.82 Å². The van der Waals surface area contributed by atoms with Crippen LogP contribution in [0.5, 0.6) is 0 Å². The van der Waals surface area contributed by atoms with Gasteiger partial charge in [0.15, 0.2) is 0 Å². The predicted molar refractivity (Wildman–Crippen MR) is 77.6 cm³/mol. The van der Waals surface area contributed by atoms with Gasteiger partial charge in [0, 0.05) is 43.9 Å². The van der Waals surface area contributed by atoms with Gasteiger partial charge in [-0.3, -0.25) is 0 Å². The number of anilines is 1. The second-order valence-corrected chi connectivity index (χ2v) is 7.20. The van der Waals surface area contributed by atoms with Crippen molar-refractivity contribution in [3.8, 4) is 0 Å². The highest BCUT2D eigenvalue weighted by molar-refractivity contribution is 7.99. The lowest BCUT2D eigenvalue weighted by Crippen LogP contribution is -2.39. The number of hydrogen-bond acceptors (Lipinski definition) is 6. The average Bonchev–Trinajstić information content (AvgIpc) is 2.40. The largest absolute Gasteiger partial charge is 0.383 e. The van der Waals surface area contributed by atoms with Gasteiger partial charge in [-0.15, -0.1) is 0 Å². The van der Waals surface area contributed by atoms with Gasteiger partial charge in [0.2, 0.25) is 10.0 Å². The number of nitrogens with one attached hydrogen (secondary N) is 1. The summed E-state index contributed by atoms with van der Waals surface area (Å²) in [6.45, 7) is 3.14. The highest BCUT2D eigenvalue weighted by Crippen LogP contribution is 2.14. The lowest BCUT2D eigenvalue weighted by molar-refractivity contribution is 0.307. The summed E-state index contributed by atoms with van der Waals surface area (Å²) in [6.07, 6.45) is 1.47. The molecule has 0 unspecified atom stereocenters. The summed E-state index contributed by atoms with van der Waals surface area (Å²) < 4.78 is 26.6. The lowest BCUT2D eigenvalue weighted by Gasteiger charge is -2.25. The van der Waals surface area contributed by atoms with Crippen molar-refractivity contribution >= 4 is 27.6 Å². The van der Waals surface area contributed by atoms with Gasteiger partial charge in [0.25, 0.3) is 0 Å². The number of aromatic nitrogens is 1. The van der Waals surface area contributed by atoms with Gasteiger partial charge in [-0.1, -0.05) is 0 Å². The Morgan fingerprint density at radius 2 is 2.16 bits per heavy atom. The van der Waals surface area contributed by atoms with Crippen LogP contribution in [0, 0.1) is 0 Å². The number of sulfonamides is 1. The Hall–Kier alpha value is -0.830. The Morgan fingerprint density at radius 1 is 1.42 bits per heavy atom. The zero-order valence-electron chi connectivity index (χ0n) is 10.6. The van der Waals surface area contributed by atoms with Crippen LogP contribution in [0.25, 0.3) is 0 Å². The Kier molecular flexibility index (Phi) is 5.03. The fourth-order valence-electron chi connectivity index (χ4n) is 1.87. The van der Waals surface area contributed by atoms with Gasteiger partial charge in [0.1, 0.15) is 10.7 Å². The SMILES string of the molecule is Nc1ncccc1S(=O)(=O)NCCN1CCSCC1. The zero-order valence-corrected chi connectivity index (χ0v) is 12.2. The van der Waals surface area contributed by atoms with E-state index in [1.165, 1.54) is 12.3 Å². The van der Waals surface area contributed by atoms with Crippen LogP contribution >= 0.6 is 11.8 Å². The molecule has 19 heavy (non-hydrogen) atoms. The normalized spacial score (nSPS) is 17.5. The van der Waals surface area contributed by atoms with E-state index >= 15 is 0 Å². The molecule has 1 aromatic heterocycles. The van der Waals surface area contributed by atoms with Gasteiger partial charge >= 0.3 is 0 Å². The third-order valence-corrected chi connectivity index (χ3v) is 5.36. The minimum absolute atomic E-state index is 0.0318. The monoisotopic (exact) mass is 302 g/mol. The fourth-order valence-corrected chi connectivity index (χ4v) is 3.95. The molecule has 106 valence electrons. The van der Waals surface area contributed by atoms with Gasteiger partial charge in [0.05, 0.1) is 0 Å². The molecule has 0 radical (unpaired) electrons. The molecule has 1 aliphatic rings. The van der Waals surface area contributed by atoms with E-state index in [-0.39, 0.29) is 10.7 Å². The first-order valence-corrected chi connectivity index (χ1v) is 8.73. The molecule has 8 heteroatoms. The second kappa shape index (κ2) is 6.56. The van der Waals surface area contributed by atoms with Crippen LogP contribution in [0.2, 0.25) is 0 Å². The van der Waals surface area contributed by atoms with Crippen LogP contribution in [-0.2, 0) is 10.0 Å². The van der Waals surface area contributed by atoms with E-state index in [0.717, 1.165) is 31.1 Å². The Balaban J connectivity index is 1.89. The third-order valence-electron chi connectivity index (χ3n) is 2.91. The Labute approximate surface area is 117 Å². The molecule has 0 aliphatic carbocycles. The molecular formula is C11H18N4O2S2. The molecule has 3 N–H and O–H groups in total. The molecule has 0 aromatic carbocycles. The summed E-state index contributed by atoms with van der Waals surface area (Å²) >= 11 is 1.93. The van der Waals surface area contributed by atoms with Crippen molar-refractivity contribution in [2.24, 2.45) is 0 Å². The lowest BCUT2D eigenvalue weighted by atomic mass is 10.5. The van der Waals surface area contributed by atoms with E-state index in [0.29, 0.717) is 6.54 Å². The number of thioether (sulfide) groups is 1. The van der Waals surface area contributed by atoms with Gasteiger partial charge in [-0.25, -0.2) is 18.1 Å². The smallest absolute Gasteiger partial charge is 0.244 e. The fraction of sp³-hybridized carbons (Fsp3) is 0.545. The summed E-state index contributed by atoms with van der Waals surface area (Å²) in [4.78, 5) is 6.09. The molecule has 1 saturated heterocycles. The molecule has 0 saturated carbocycles. The van der Waals surface area contributed by atoms with Gasteiger partial charge in [-0.05, 0) is 12.1 Å². The quantitative estimate of drug-likeness (QED) is 0.795.